The van der Waals surface area contributed by atoms with Crippen LogP contribution in [0.5, 0.6) is 11.5 Å². The lowest BCUT2D eigenvalue weighted by Crippen LogP contribution is -1.95. The largest absolute Gasteiger partial charge is 0.504 e. The lowest BCUT2D eigenvalue weighted by molar-refractivity contribution is 0.112. The van der Waals surface area contributed by atoms with Gasteiger partial charge in [0.1, 0.15) is 0 Å². The Balaban J connectivity index is 3.07. The average molecular weight is 221 g/mol. The molecular formula is C12H15NO3. The van der Waals surface area contributed by atoms with Crippen LogP contribution in [0, 0.1) is 0 Å². The number of rotatable bonds is 5. The van der Waals surface area contributed by atoms with Crippen molar-refractivity contribution in [3.8, 4) is 11.5 Å². The molecule has 1 aromatic rings. The van der Waals surface area contributed by atoms with Gasteiger partial charge in [-0.1, -0.05) is 12.2 Å². The van der Waals surface area contributed by atoms with E-state index in [1.54, 1.807) is 12.1 Å². The third-order valence-electron chi connectivity index (χ3n) is 2.12. The van der Waals surface area contributed by atoms with E-state index in [1.807, 2.05) is 12.2 Å². The third-order valence-corrected chi connectivity index (χ3v) is 2.12. The van der Waals surface area contributed by atoms with E-state index in [2.05, 4.69) is 0 Å². The molecule has 86 valence electrons. The standard InChI is InChI=1S/C12H15NO3/c1-16-11-7-9(4-2-3-5-13)6-10(8-14)12(11)15/h2,4,6-8,15H,3,5,13H2,1H3. The molecule has 0 saturated heterocycles. The molecule has 16 heavy (non-hydrogen) atoms. The zero-order valence-corrected chi connectivity index (χ0v) is 9.14. The molecule has 0 aromatic heterocycles. The molecule has 0 amide bonds. The summed E-state index contributed by atoms with van der Waals surface area (Å²) in [4.78, 5) is 10.7. The fourth-order valence-corrected chi connectivity index (χ4v) is 1.31. The molecule has 0 aliphatic heterocycles. The number of phenols is 1. The Morgan fingerprint density at radius 2 is 2.25 bits per heavy atom. The van der Waals surface area contributed by atoms with Crippen LogP contribution in [0.1, 0.15) is 22.3 Å². The highest BCUT2D eigenvalue weighted by Crippen LogP contribution is 2.30. The molecule has 0 aliphatic carbocycles. The SMILES string of the molecule is COc1cc(C=CCCN)cc(C=O)c1O. The van der Waals surface area contributed by atoms with Crippen molar-refractivity contribution in [2.75, 3.05) is 13.7 Å². The number of phenolic OH excluding ortho intramolecular Hbond substituents is 1. The first-order valence-electron chi connectivity index (χ1n) is 4.95. The number of aldehydes is 1. The second-order valence-electron chi connectivity index (χ2n) is 3.26. The summed E-state index contributed by atoms with van der Waals surface area (Å²) in [6.07, 6.45) is 5.10. The summed E-state index contributed by atoms with van der Waals surface area (Å²) in [5, 5.41) is 9.58. The fraction of sp³-hybridized carbons (Fsp3) is 0.250. The quantitative estimate of drug-likeness (QED) is 0.740. The maximum absolute atomic E-state index is 10.7. The molecule has 0 atom stereocenters. The van der Waals surface area contributed by atoms with E-state index in [1.165, 1.54) is 7.11 Å². The van der Waals surface area contributed by atoms with Crippen molar-refractivity contribution in [2.45, 2.75) is 6.42 Å². The van der Waals surface area contributed by atoms with Crippen LogP contribution in [0.25, 0.3) is 6.08 Å². The number of carbonyl (C=O) groups is 1. The Bertz CT molecular complexity index is 399. The minimum absolute atomic E-state index is 0.131. The van der Waals surface area contributed by atoms with Crippen LogP contribution in [0.15, 0.2) is 18.2 Å². The molecule has 0 unspecified atom stereocenters. The number of ether oxygens (including phenoxy) is 1. The van der Waals surface area contributed by atoms with Gasteiger partial charge in [0.15, 0.2) is 17.8 Å². The van der Waals surface area contributed by atoms with Crippen LogP contribution in [0.3, 0.4) is 0 Å². The monoisotopic (exact) mass is 221 g/mol. The first kappa shape index (κ1) is 12.3. The number of carbonyl (C=O) groups excluding carboxylic acids is 1. The number of hydrogen-bond donors (Lipinski definition) is 2. The first-order chi connectivity index (χ1) is 7.72. The average Bonchev–Trinajstić information content (AvgIpc) is 2.31. The Labute approximate surface area is 94.3 Å². The molecule has 0 radical (unpaired) electrons. The molecule has 1 rings (SSSR count). The molecular weight excluding hydrogens is 206 g/mol. The van der Waals surface area contributed by atoms with Crippen LogP contribution < -0.4 is 10.5 Å². The van der Waals surface area contributed by atoms with Crippen LogP contribution in [-0.4, -0.2) is 25.0 Å². The van der Waals surface area contributed by atoms with Gasteiger partial charge in [-0.05, 0) is 30.7 Å². The van der Waals surface area contributed by atoms with E-state index >= 15 is 0 Å². The van der Waals surface area contributed by atoms with E-state index in [0.717, 1.165) is 12.0 Å². The van der Waals surface area contributed by atoms with Gasteiger partial charge in [0.05, 0.1) is 12.7 Å². The minimum Gasteiger partial charge on any atom is -0.504 e. The summed E-state index contributed by atoms with van der Waals surface area (Å²) in [5.41, 5.74) is 6.37. The van der Waals surface area contributed by atoms with Crippen molar-refractivity contribution < 1.29 is 14.6 Å². The van der Waals surface area contributed by atoms with E-state index in [0.29, 0.717) is 12.8 Å². The topological polar surface area (TPSA) is 72.5 Å². The molecule has 0 bridgehead atoms. The molecule has 0 heterocycles. The molecule has 0 fully saturated rings. The minimum atomic E-state index is -0.131. The zero-order chi connectivity index (χ0) is 12.0. The van der Waals surface area contributed by atoms with Crippen molar-refractivity contribution in [3.05, 3.63) is 29.3 Å². The first-order valence-corrected chi connectivity index (χ1v) is 4.95. The molecule has 0 aliphatic rings. The van der Waals surface area contributed by atoms with Gasteiger partial charge >= 0.3 is 0 Å². The van der Waals surface area contributed by atoms with Crippen molar-refractivity contribution in [3.63, 3.8) is 0 Å². The lowest BCUT2D eigenvalue weighted by Gasteiger charge is -2.06. The Hall–Kier alpha value is -1.81. The van der Waals surface area contributed by atoms with Gasteiger partial charge in [-0.25, -0.2) is 0 Å². The van der Waals surface area contributed by atoms with Gasteiger partial charge in [-0.3, -0.25) is 4.79 Å². The van der Waals surface area contributed by atoms with E-state index in [4.69, 9.17) is 10.5 Å². The van der Waals surface area contributed by atoms with Crippen molar-refractivity contribution in [1.29, 1.82) is 0 Å². The van der Waals surface area contributed by atoms with Gasteiger partial charge in [0.25, 0.3) is 0 Å². The Kier molecular flexibility index (Phi) is 4.54. The van der Waals surface area contributed by atoms with Gasteiger partial charge in [-0.15, -0.1) is 0 Å². The van der Waals surface area contributed by atoms with Crippen molar-refractivity contribution in [2.24, 2.45) is 5.73 Å². The second-order valence-corrected chi connectivity index (χ2v) is 3.26. The van der Waals surface area contributed by atoms with Crippen LogP contribution >= 0.6 is 0 Å². The normalized spacial score (nSPS) is 10.6. The van der Waals surface area contributed by atoms with Crippen molar-refractivity contribution in [1.82, 2.24) is 0 Å². The van der Waals surface area contributed by atoms with Gasteiger partial charge in [-0.2, -0.15) is 0 Å². The number of methoxy groups -OCH3 is 1. The van der Waals surface area contributed by atoms with Crippen LogP contribution in [-0.2, 0) is 0 Å². The molecule has 1 aromatic carbocycles. The maximum Gasteiger partial charge on any atom is 0.168 e. The smallest absolute Gasteiger partial charge is 0.168 e. The molecule has 4 heteroatoms. The lowest BCUT2D eigenvalue weighted by atomic mass is 10.1. The summed E-state index contributed by atoms with van der Waals surface area (Å²) in [5.74, 6) is 0.158. The van der Waals surface area contributed by atoms with E-state index in [9.17, 15) is 9.90 Å². The highest BCUT2D eigenvalue weighted by Gasteiger charge is 2.08. The second kappa shape index (κ2) is 5.92. The van der Waals surface area contributed by atoms with Gasteiger partial charge < -0.3 is 15.6 Å². The van der Waals surface area contributed by atoms with Crippen LogP contribution in [0.4, 0.5) is 0 Å². The van der Waals surface area contributed by atoms with Gasteiger partial charge in [0, 0.05) is 0 Å². The summed E-state index contributed by atoms with van der Waals surface area (Å²) < 4.78 is 4.97. The number of hydrogen-bond acceptors (Lipinski definition) is 4. The predicted molar refractivity (Wildman–Crippen MR) is 62.8 cm³/mol. The van der Waals surface area contributed by atoms with E-state index in [-0.39, 0.29) is 17.1 Å². The number of benzene rings is 1. The van der Waals surface area contributed by atoms with Gasteiger partial charge in [0.2, 0.25) is 0 Å². The summed E-state index contributed by atoms with van der Waals surface area (Å²) in [6.45, 7) is 0.576. The highest BCUT2D eigenvalue weighted by atomic mass is 16.5. The zero-order valence-electron chi connectivity index (χ0n) is 9.14. The Morgan fingerprint density at radius 1 is 1.50 bits per heavy atom. The summed E-state index contributed by atoms with van der Waals surface area (Å²) in [7, 11) is 1.44. The molecule has 4 nitrogen and oxygen atoms in total. The Morgan fingerprint density at radius 3 is 2.81 bits per heavy atom. The number of aromatic hydroxyl groups is 1. The van der Waals surface area contributed by atoms with Crippen LogP contribution in [0.2, 0.25) is 0 Å². The molecule has 0 spiro atoms. The predicted octanol–water partition coefficient (Wildman–Crippen LogP) is 1.58. The number of nitrogens with two attached hydrogens (primary N) is 1. The van der Waals surface area contributed by atoms with E-state index < -0.39 is 0 Å². The van der Waals surface area contributed by atoms with Crippen molar-refractivity contribution >= 4 is 12.4 Å². The summed E-state index contributed by atoms with van der Waals surface area (Å²) >= 11 is 0. The molecule has 0 saturated carbocycles. The highest BCUT2D eigenvalue weighted by molar-refractivity contribution is 5.82. The fourth-order valence-electron chi connectivity index (χ4n) is 1.31. The third kappa shape index (κ3) is 2.84. The molecule has 3 N–H and O–H groups in total. The maximum atomic E-state index is 10.7. The summed E-state index contributed by atoms with van der Waals surface area (Å²) in [6, 6.07) is 3.26.